The minimum absolute atomic E-state index is 0.832. The molecule has 0 radical (unpaired) electrons. The van der Waals surface area contributed by atoms with Crippen LogP contribution in [0.5, 0.6) is 0 Å². The normalized spacial score (nSPS) is 22.1. The summed E-state index contributed by atoms with van der Waals surface area (Å²) < 4.78 is 0. The molecule has 1 aromatic carbocycles. The maximum absolute atomic E-state index is 5.59. The first-order valence-electron chi connectivity index (χ1n) is 5.85. The van der Waals surface area contributed by atoms with Gasteiger partial charge in [0.1, 0.15) is 0 Å². The Hall–Kier alpha value is -0.860. The van der Waals surface area contributed by atoms with Gasteiger partial charge in [-0.3, -0.25) is 4.90 Å². The fourth-order valence-electron chi connectivity index (χ4n) is 2.37. The Labute approximate surface area is 92.1 Å². The lowest BCUT2D eigenvalue weighted by atomic mass is 10.1. The van der Waals surface area contributed by atoms with Crippen LogP contribution >= 0.6 is 0 Å². The molecule has 2 N–H and O–H groups in total. The van der Waals surface area contributed by atoms with Crippen LogP contribution in [0.25, 0.3) is 0 Å². The third kappa shape index (κ3) is 3.05. The molecule has 0 aromatic heterocycles. The summed E-state index contributed by atoms with van der Waals surface area (Å²) in [4.78, 5) is 2.54. The van der Waals surface area contributed by atoms with Crippen LogP contribution in [0.3, 0.4) is 0 Å². The zero-order chi connectivity index (χ0) is 10.5. The van der Waals surface area contributed by atoms with E-state index in [4.69, 9.17) is 5.73 Å². The molecule has 15 heavy (non-hydrogen) atoms. The Kier molecular flexibility index (Phi) is 3.75. The second kappa shape index (κ2) is 5.29. The highest BCUT2D eigenvalue weighted by atomic mass is 15.1. The minimum Gasteiger partial charge on any atom is -0.330 e. The van der Waals surface area contributed by atoms with Gasteiger partial charge in [-0.1, -0.05) is 30.3 Å². The summed E-state index contributed by atoms with van der Waals surface area (Å²) in [5, 5.41) is 0. The summed E-state index contributed by atoms with van der Waals surface area (Å²) in [7, 11) is 0. The predicted molar refractivity (Wildman–Crippen MR) is 63.5 cm³/mol. The van der Waals surface area contributed by atoms with E-state index in [2.05, 4.69) is 35.2 Å². The van der Waals surface area contributed by atoms with Crippen LogP contribution in [0.2, 0.25) is 0 Å². The van der Waals surface area contributed by atoms with E-state index in [-0.39, 0.29) is 0 Å². The number of hydrogen-bond acceptors (Lipinski definition) is 2. The Morgan fingerprint density at radius 2 is 2.07 bits per heavy atom. The van der Waals surface area contributed by atoms with Gasteiger partial charge in [0.25, 0.3) is 0 Å². The highest BCUT2D eigenvalue weighted by Crippen LogP contribution is 2.20. The summed E-state index contributed by atoms with van der Waals surface area (Å²) in [5.41, 5.74) is 7.01. The van der Waals surface area contributed by atoms with Gasteiger partial charge in [-0.05, 0) is 37.4 Å². The minimum atomic E-state index is 0.832. The van der Waals surface area contributed by atoms with E-state index in [9.17, 15) is 0 Å². The number of nitrogens with two attached hydrogens (primary N) is 1. The van der Waals surface area contributed by atoms with Crippen molar-refractivity contribution in [3.8, 4) is 0 Å². The molecule has 1 saturated heterocycles. The first-order chi connectivity index (χ1) is 7.38. The SMILES string of the molecule is NCC[C@@H]1CCN(Cc2ccccc2)C1. The molecule has 2 rings (SSSR count). The molecule has 1 fully saturated rings. The average molecular weight is 204 g/mol. The number of benzene rings is 1. The summed E-state index contributed by atoms with van der Waals surface area (Å²) in [5.74, 6) is 0.832. The molecule has 0 unspecified atom stereocenters. The second-order valence-corrected chi connectivity index (χ2v) is 4.45. The molecule has 82 valence electrons. The molecular formula is C13H20N2. The lowest BCUT2D eigenvalue weighted by Crippen LogP contribution is -2.20. The largest absolute Gasteiger partial charge is 0.330 e. The van der Waals surface area contributed by atoms with Crippen LogP contribution in [0.4, 0.5) is 0 Å². The van der Waals surface area contributed by atoms with Gasteiger partial charge in [-0.15, -0.1) is 0 Å². The van der Waals surface area contributed by atoms with Gasteiger partial charge in [0.05, 0.1) is 0 Å². The van der Waals surface area contributed by atoms with Crippen molar-refractivity contribution in [2.75, 3.05) is 19.6 Å². The van der Waals surface area contributed by atoms with Crippen molar-refractivity contribution in [1.82, 2.24) is 4.90 Å². The standard InChI is InChI=1S/C13H20N2/c14-8-6-13-7-9-15(11-13)10-12-4-2-1-3-5-12/h1-5,13H,6-11,14H2/t13-/m1/s1. The van der Waals surface area contributed by atoms with Crippen LogP contribution in [-0.2, 0) is 6.54 Å². The molecule has 1 aliphatic heterocycles. The van der Waals surface area contributed by atoms with Crippen molar-refractivity contribution in [1.29, 1.82) is 0 Å². The fraction of sp³-hybridized carbons (Fsp3) is 0.538. The summed E-state index contributed by atoms with van der Waals surface area (Å²) in [6, 6.07) is 10.7. The first kappa shape index (κ1) is 10.7. The lowest BCUT2D eigenvalue weighted by molar-refractivity contribution is 0.314. The van der Waals surface area contributed by atoms with Crippen molar-refractivity contribution < 1.29 is 0 Å². The molecule has 2 heteroatoms. The van der Waals surface area contributed by atoms with Crippen LogP contribution in [0.15, 0.2) is 30.3 Å². The number of rotatable bonds is 4. The highest BCUT2D eigenvalue weighted by molar-refractivity contribution is 5.14. The Morgan fingerprint density at radius 1 is 1.27 bits per heavy atom. The molecule has 1 aliphatic rings. The van der Waals surface area contributed by atoms with Crippen molar-refractivity contribution in [2.45, 2.75) is 19.4 Å². The van der Waals surface area contributed by atoms with Gasteiger partial charge in [-0.25, -0.2) is 0 Å². The van der Waals surface area contributed by atoms with E-state index in [0.717, 1.165) is 19.0 Å². The van der Waals surface area contributed by atoms with Crippen molar-refractivity contribution in [3.05, 3.63) is 35.9 Å². The van der Waals surface area contributed by atoms with Gasteiger partial charge in [0.2, 0.25) is 0 Å². The van der Waals surface area contributed by atoms with E-state index < -0.39 is 0 Å². The number of likely N-dealkylation sites (tertiary alicyclic amines) is 1. The van der Waals surface area contributed by atoms with E-state index in [1.807, 2.05) is 0 Å². The van der Waals surface area contributed by atoms with E-state index in [1.54, 1.807) is 0 Å². The molecule has 0 amide bonds. The summed E-state index contributed by atoms with van der Waals surface area (Å²) in [6.45, 7) is 4.40. The van der Waals surface area contributed by atoms with Crippen LogP contribution in [0.1, 0.15) is 18.4 Å². The van der Waals surface area contributed by atoms with E-state index in [1.165, 1.54) is 31.5 Å². The first-order valence-corrected chi connectivity index (χ1v) is 5.85. The molecule has 0 spiro atoms. The van der Waals surface area contributed by atoms with Crippen LogP contribution < -0.4 is 5.73 Å². The molecule has 1 aromatic rings. The summed E-state index contributed by atoms with van der Waals surface area (Å²) >= 11 is 0. The molecule has 0 aliphatic carbocycles. The second-order valence-electron chi connectivity index (χ2n) is 4.45. The van der Waals surface area contributed by atoms with Crippen molar-refractivity contribution in [2.24, 2.45) is 11.7 Å². The number of nitrogens with zero attached hydrogens (tertiary/aromatic N) is 1. The molecular weight excluding hydrogens is 184 g/mol. The zero-order valence-electron chi connectivity index (χ0n) is 9.23. The Morgan fingerprint density at radius 3 is 2.80 bits per heavy atom. The molecule has 0 bridgehead atoms. The lowest BCUT2D eigenvalue weighted by Gasteiger charge is -2.15. The van der Waals surface area contributed by atoms with Crippen LogP contribution in [0, 0.1) is 5.92 Å². The molecule has 1 heterocycles. The number of hydrogen-bond donors (Lipinski definition) is 1. The quantitative estimate of drug-likeness (QED) is 0.811. The smallest absolute Gasteiger partial charge is 0.0233 e. The predicted octanol–water partition coefficient (Wildman–Crippen LogP) is 1.86. The highest BCUT2D eigenvalue weighted by Gasteiger charge is 2.21. The Balaban J connectivity index is 1.82. The Bertz CT molecular complexity index is 284. The topological polar surface area (TPSA) is 29.3 Å². The maximum atomic E-state index is 5.59. The summed E-state index contributed by atoms with van der Waals surface area (Å²) in [6.07, 6.45) is 2.51. The van der Waals surface area contributed by atoms with Crippen LogP contribution in [-0.4, -0.2) is 24.5 Å². The average Bonchev–Trinajstić information content (AvgIpc) is 2.68. The van der Waals surface area contributed by atoms with E-state index >= 15 is 0 Å². The van der Waals surface area contributed by atoms with Gasteiger partial charge in [-0.2, -0.15) is 0 Å². The third-order valence-electron chi connectivity index (χ3n) is 3.19. The van der Waals surface area contributed by atoms with Gasteiger partial charge < -0.3 is 5.73 Å². The molecule has 0 saturated carbocycles. The van der Waals surface area contributed by atoms with Gasteiger partial charge >= 0.3 is 0 Å². The van der Waals surface area contributed by atoms with E-state index in [0.29, 0.717) is 0 Å². The zero-order valence-corrected chi connectivity index (χ0v) is 9.23. The fourth-order valence-corrected chi connectivity index (χ4v) is 2.37. The molecule has 1 atom stereocenters. The third-order valence-corrected chi connectivity index (χ3v) is 3.19. The van der Waals surface area contributed by atoms with Gasteiger partial charge in [0.15, 0.2) is 0 Å². The van der Waals surface area contributed by atoms with Crippen molar-refractivity contribution >= 4 is 0 Å². The molecule has 2 nitrogen and oxygen atoms in total. The van der Waals surface area contributed by atoms with Crippen molar-refractivity contribution in [3.63, 3.8) is 0 Å². The monoisotopic (exact) mass is 204 g/mol. The maximum Gasteiger partial charge on any atom is 0.0233 e. The van der Waals surface area contributed by atoms with Gasteiger partial charge in [0, 0.05) is 13.1 Å².